The summed E-state index contributed by atoms with van der Waals surface area (Å²) in [6, 6.07) is 14.1. The normalized spacial score (nSPS) is 19.8. The molecule has 1 amide bonds. The molecule has 0 unspecified atom stereocenters. The molecule has 1 aromatic heterocycles. The van der Waals surface area contributed by atoms with Gasteiger partial charge in [-0.25, -0.2) is 4.98 Å². The number of nitrogens with one attached hydrogen (secondary N) is 2. The number of carbonyl (C=O) groups is 1. The number of para-hydroxylation sites is 2. The number of rotatable bonds is 3. The Balaban J connectivity index is 1.37. The molecule has 5 rings (SSSR count). The van der Waals surface area contributed by atoms with Crippen LogP contribution in [0, 0.1) is 0 Å². The molecule has 29 heavy (non-hydrogen) atoms. The van der Waals surface area contributed by atoms with Crippen LogP contribution in [0.1, 0.15) is 12.8 Å². The Morgan fingerprint density at radius 2 is 1.97 bits per heavy atom. The Morgan fingerprint density at radius 3 is 2.76 bits per heavy atom. The SMILES string of the molecule is O=C([C@@H]1CCN1)N1CCCN(c2ccc(Cl)c(-c3nc4ccccc4[nH]3)c2)CC1. The summed E-state index contributed by atoms with van der Waals surface area (Å²) < 4.78 is 0. The third kappa shape index (κ3) is 3.58. The lowest BCUT2D eigenvalue weighted by atomic mass is 10.1. The van der Waals surface area contributed by atoms with Crippen LogP contribution in [0.15, 0.2) is 42.5 Å². The molecule has 0 aliphatic carbocycles. The molecule has 0 saturated carbocycles. The van der Waals surface area contributed by atoms with Crippen LogP contribution in [-0.4, -0.2) is 59.5 Å². The van der Waals surface area contributed by atoms with Crippen LogP contribution in [-0.2, 0) is 4.79 Å². The Kier molecular flexibility index (Phi) is 4.89. The first-order valence-electron chi connectivity index (χ1n) is 10.2. The first-order chi connectivity index (χ1) is 14.2. The van der Waals surface area contributed by atoms with Gasteiger partial charge in [0.15, 0.2) is 0 Å². The van der Waals surface area contributed by atoms with Crippen LogP contribution >= 0.6 is 11.6 Å². The highest BCUT2D eigenvalue weighted by Crippen LogP contribution is 2.32. The maximum atomic E-state index is 12.6. The maximum absolute atomic E-state index is 12.6. The molecule has 150 valence electrons. The van der Waals surface area contributed by atoms with E-state index < -0.39 is 0 Å². The summed E-state index contributed by atoms with van der Waals surface area (Å²) in [5.74, 6) is 1.03. The fourth-order valence-corrected chi connectivity index (χ4v) is 4.29. The lowest BCUT2D eigenvalue weighted by molar-refractivity contribution is -0.134. The number of fused-ring (bicyclic) bond motifs is 1. The summed E-state index contributed by atoms with van der Waals surface area (Å²) in [6.45, 7) is 4.26. The molecular formula is C22H24ClN5O. The predicted molar refractivity (Wildman–Crippen MR) is 116 cm³/mol. The van der Waals surface area contributed by atoms with Crippen molar-refractivity contribution < 1.29 is 4.79 Å². The number of H-pyrrole nitrogens is 1. The Labute approximate surface area is 174 Å². The van der Waals surface area contributed by atoms with Gasteiger partial charge < -0.3 is 20.1 Å². The largest absolute Gasteiger partial charge is 0.370 e. The molecule has 2 aromatic carbocycles. The average molecular weight is 410 g/mol. The number of benzene rings is 2. The van der Waals surface area contributed by atoms with Gasteiger partial charge in [0.2, 0.25) is 5.91 Å². The predicted octanol–water partition coefficient (Wildman–Crippen LogP) is 3.28. The van der Waals surface area contributed by atoms with Crippen LogP contribution in [0.2, 0.25) is 5.02 Å². The number of nitrogens with zero attached hydrogens (tertiary/aromatic N) is 3. The van der Waals surface area contributed by atoms with Gasteiger partial charge in [-0.2, -0.15) is 0 Å². The second kappa shape index (κ2) is 7.69. The molecule has 2 fully saturated rings. The molecule has 2 aliphatic rings. The van der Waals surface area contributed by atoms with Gasteiger partial charge in [-0.1, -0.05) is 23.7 Å². The van der Waals surface area contributed by atoms with E-state index in [1.54, 1.807) is 0 Å². The van der Waals surface area contributed by atoms with Crippen molar-refractivity contribution in [3.8, 4) is 11.4 Å². The van der Waals surface area contributed by atoms with Gasteiger partial charge in [-0.05, 0) is 49.7 Å². The molecule has 0 radical (unpaired) electrons. The lowest BCUT2D eigenvalue weighted by Gasteiger charge is -2.32. The Bertz CT molecular complexity index is 1010. The standard InChI is InChI=1S/C22H24ClN5O/c23-17-7-6-15(14-16(17)21-25-18-4-1-2-5-19(18)26-21)27-10-3-11-28(13-12-27)22(29)20-8-9-24-20/h1-2,4-7,14,20,24H,3,8-13H2,(H,25,26)/t20-/m0/s1. The third-order valence-electron chi connectivity index (χ3n) is 5.89. The summed E-state index contributed by atoms with van der Waals surface area (Å²) in [4.78, 5) is 25.0. The molecule has 3 aromatic rings. The number of imidazole rings is 1. The van der Waals surface area contributed by atoms with Crippen molar-refractivity contribution in [2.75, 3.05) is 37.6 Å². The minimum atomic E-state index is 0.0248. The highest BCUT2D eigenvalue weighted by atomic mass is 35.5. The van der Waals surface area contributed by atoms with Gasteiger partial charge in [0.25, 0.3) is 0 Å². The number of hydrogen-bond donors (Lipinski definition) is 2. The Morgan fingerprint density at radius 1 is 1.10 bits per heavy atom. The van der Waals surface area contributed by atoms with Gasteiger partial charge in [-0.3, -0.25) is 4.79 Å². The second-order valence-electron chi connectivity index (χ2n) is 7.73. The van der Waals surface area contributed by atoms with Gasteiger partial charge in [0.05, 0.1) is 22.1 Å². The molecule has 0 bridgehead atoms. The molecule has 3 heterocycles. The fourth-order valence-electron chi connectivity index (χ4n) is 4.09. The zero-order chi connectivity index (χ0) is 19.8. The van der Waals surface area contributed by atoms with Gasteiger partial charge >= 0.3 is 0 Å². The lowest BCUT2D eigenvalue weighted by Crippen LogP contribution is -2.55. The summed E-state index contributed by atoms with van der Waals surface area (Å²) in [7, 11) is 0. The summed E-state index contributed by atoms with van der Waals surface area (Å²) in [5.41, 5.74) is 3.94. The van der Waals surface area contributed by atoms with Crippen LogP contribution < -0.4 is 10.2 Å². The van der Waals surface area contributed by atoms with Gasteiger partial charge in [-0.15, -0.1) is 0 Å². The molecule has 6 nitrogen and oxygen atoms in total. The monoisotopic (exact) mass is 409 g/mol. The molecule has 0 spiro atoms. The number of amides is 1. The quantitative estimate of drug-likeness (QED) is 0.696. The van der Waals surface area contributed by atoms with Crippen molar-refractivity contribution in [3.05, 3.63) is 47.5 Å². The van der Waals surface area contributed by atoms with E-state index in [1.807, 2.05) is 35.2 Å². The maximum Gasteiger partial charge on any atom is 0.239 e. The smallest absolute Gasteiger partial charge is 0.239 e. The number of aromatic amines is 1. The minimum Gasteiger partial charge on any atom is -0.370 e. The van der Waals surface area contributed by atoms with Gasteiger partial charge in [0, 0.05) is 37.4 Å². The van der Waals surface area contributed by atoms with Crippen molar-refractivity contribution in [1.29, 1.82) is 0 Å². The first kappa shape index (κ1) is 18.5. The van der Waals surface area contributed by atoms with E-state index in [-0.39, 0.29) is 11.9 Å². The molecule has 2 saturated heterocycles. The topological polar surface area (TPSA) is 64.3 Å². The molecule has 2 N–H and O–H groups in total. The average Bonchev–Trinajstić information content (AvgIpc) is 2.96. The van der Waals surface area contributed by atoms with Crippen LogP contribution in [0.4, 0.5) is 5.69 Å². The van der Waals surface area contributed by atoms with E-state index in [0.717, 1.165) is 73.7 Å². The van der Waals surface area contributed by atoms with Crippen molar-refractivity contribution in [3.63, 3.8) is 0 Å². The highest BCUT2D eigenvalue weighted by Gasteiger charge is 2.30. The fraction of sp³-hybridized carbons (Fsp3) is 0.364. The van der Waals surface area contributed by atoms with Crippen molar-refractivity contribution in [2.45, 2.75) is 18.9 Å². The van der Waals surface area contributed by atoms with E-state index >= 15 is 0 Å². The van der Waals surface area contributed by atoms with E-state index in [1.165, 1.54) is 0 Å². The van der Waals surface area contributed by atoms with E-state index in [4.69, 9.17) is 16.6 Å². The van der Waals surface area contributed by atoms with Gasteiger partial charge in [0.1, 0.15) is 5.82 Å². The van der Waals surface area contributed by atoms with Crippen LogP contribution in [0.25, 0.3) is 22.4 Å². The highest BCUT2D eigenvalue weighted by molar-refractivity contribution is 6.33. The summed E-state index contributed by atoms with van der Waals surface area (Å²) in [5, 5.41) is 3.90. The minimum absolute atomic E-state index is 0.0248. The van der Waals surface area contributed by atoms with E-state index in [9.17, 15) is 4.79 Å². The second-order valence-corrected chi connectivity index (χ2v) is 8.14. The number of aromatic nitrogens is 2. The number of anilines is 1. The first-order valence-corrected chi connectivity index (χ1v) is 10.6. The number of halogens is 1. The summed E-state index contributed by atoms with van der Waals surface area (Å²) >= 11 is 6.51. The zero-order valence-corrected chi connectivity index (χ0v) is 17.0. The van der Waals surface area contributed by atoms with Crippen LogP contribution in [0.5, 0.6) is 0 Å². The zero-order valence-electron chi connectivity index (χ0n) is 16.2. The number of carbonyl (C=O) groups excluding carboxylic acids is 1. The van der Waals surface area contributed by atoms with Crippen molar-refractivity contribution in [2.24, 2.45) is 0 Å². The van der Waals surface area contributed by atoms with Crippen molar-refractivity contribution in [1.82, 2.24) is 20.2 Å². The molecule has 2 aliphatic heterocycles. The van der Waals surface area contributed by atoms with E-state index in [2.05, 4.69) is 27.3 Å². The molecular weight excluding hydrogens is 386 g/mol. The van der Waals surface area contributed by atoms with Crippen molar-refractivity contribution >= 4 is 34.2 Å². The van der Waals surface area contributed by atoms with E-state index in [0.29, 0.717) is 5.02 Å². The molecule has 1 atom stereocenters. The Hall–Kier alpha value is -2.57. The third-order valence-corrected chi connectivity index (χ3v) is 6.22. The number of hydrogen-bond acceptors (Lipinski definition) is 4. The molecule has 7 heteroatoms. The summed E-state index contributed by atoms with van der Waals surface area (Å²) in [6.07, 6.45) is 1.91. The van der Waals surface area contributed by atoms with Crippen LogP contribution in [0.3, 0.4) is 0 Å².